The molecule has 1 atom stereocenters. The number of rotatable bonds is 22. The summed E-state index contributed by atoms with van der Waals surface area (Å²) in [4.78, 5) is 13.4. The Labute approximate surface area is 295 Å². The summed E-state index contributed by atoms with van der Waals surface area (Å²) in [5.74, 6) is -0.323. The molecule has 0 aromatic heterocycles. The van der Waals surface area contributed by atoms with Crippen molar-refractivity contribution in [2.75, 3.05) is 27.4 Å². The number of nitrogens with zero attached hydrogens (tertiary/aromatic N) is 2. The lowest BCUT2D eigenvalue weighted by molar-refractivity contribution is -0.907. The molecule has 0 radical (unpaired) electrons. The number of carbonyl (C=O) groups is 1. The molecule has 1 heterocycles. The fraction of sp³-hybridized carbons (Fsp3) is 0.641. The smallest absolute Gasteiger partial charge is 0.313 e. The minimum atomic E-state index is -0.701. The molecule has 0 saturated heterocycles. The molecule has 7 heteroatoms. The van der Waals surface area contributed by atoms with E-state index in [4.69, 9.17) is 9.47 Å². The van der Waals surface area contributed by atoms with Crippen molar-refractivity contribution in [3.05, 3.63) is 70.5 Å². The number of fused-ring (bicyclic) bond motifs is 1. The van der Waals surface area contributed by atoms with Gasteiger partial charge in [0.1, 0.15) is 11.4 Å². The van der Waals surface area contributed by atoms with Gasteiger partial charge in [0, 0.05) is 6.42 Å². The van der Waals surface area contributed by atoms with E-state index in [-0.39, 0.29) is 41.7 Å². The van der Waals surface area contributed by atoms with Crippen LogP contribution in [0, 0.1) is 23.1 Å². The van der Waals surface area contributed by atoms with Crippen LogP contribution in [0.1, 0.15) is 139 Å². The Kier molecular flexibility index (Phi) is 18.4. The average molecular weight is 749 g/mol. The molecule has 5 nitrogen and oxygen atoms in total. The van der Waals surface area contributed by atoms with E-state index in [0.717, 1.165) is 55.3 Å². The van der Waals surface area contributed by atoms with Crippen LogP contribution in [-0.2, 0) is 26.5 Å². The zero-order valence-electron chi connectivity index (χ0n) is 28.9. The lowest BCUT2D eigenvalue weighted by Gasteiger charge is -2.34. The summed E-state index contributed by atoms with van der Waals surface area (Å²) in [5, 5.41) is 9.40. The van der Waals surface area contributed by atoms with Crippen molar-refractivity contribution in [2.24, 2.45) is 5.92 Å². The molecule has 0 bridgehead atoms. The lowest BCUT2D eigenvalue weighted by Crippen LogP contribution is -3.00. The Bertz CT molecular complexity index is 1200. The van der Waals surface area contributed by atoms with Crippen molar-refractivity contribution in [1.82, 2.24) is 0 Å². The number of hydrogen-bond donors (Lipinski definition) is 0. The number of esters is 1. The van der Waals surface area contributed by atoms with Crippen LogP contribution in [0.3, 0.4) is 0 Å². The van der Waals surface area contributed by atoms with E-state index < -0.39 is 5.60 Å². The SMILES string of the molecule is CCCCCCCCC(CCCCCCCC)C(=O)OC[N+](C)(C)CCCC1(c2ccc(F)cc2)OCc2cc(C#N)ccc21.[I-]. The van der Waals surface area contributed by atoms with E-state index in [2.05, 4.69) is 34.0 Å². The van der Waals surface area contributed by atoms with E-state index in [1.807, 2.05) is 18.2 Å². The maximum absolute atomic E-state index is 13.9. The third-order valence-corrected chi connectivity index (χ3v) is 9.45. The number of nitriles is 1. The molecule has 1 aliphatic heterocycles. The van der Waals surface area contributed by atoms with Crippen LogP contribution in [0.2, 0.25) is 0 Å². The van der Waals surface area contributed by atoms with Crippen LogP contribution < -0.4 is 24.0 Å². The van der Waals surface area contributed by atoms with Gasteiger partial charge in [0.05, 0.1) is 44.8 Å². The van der Waals surface area contributed by atoms with Gasteiger partial charge < -0.3 is 33.5 Å². The summed E-state index contributed by atoms with van der Waals surface area (Å²) in [6.45, 7) is 6.03. The van der Waals surface area contributed by atoms with Gasteiger partial charge in [-0.25, -0.2) is 4.39 Å². The Morgan fingerprint density at radius 2 is 1.50 bits per heavy atom. The van der Waals surface area contributed by atoms with Gasteiger partial charge in [0.25, 0.3) is 0 Å². The van der Waals surface area contributed by atoms with E-state index >= 15 is 0 Å². The van der Waals surface area contributed by atoms with Gasteiger partial charge in [0.2, 0.25) is 6.73 Å². The number of unbranched alkanes of at least 4 members (excludes halogenated alkanes) is 10. The first-order valence-corrected chi connectivity index (χ1v) is 17.7. The van der Waals surface area contributed by atoms with E-state index in [9.17, 15) is 14.4 Å². The Balaban J connectivity index is 0.00000736. The summed E-state index contributed by atoms with van der Waals surface area (Å²) >= 11 is 0. The molecule has 0 amide bonds. The second kappa shape index (κ2) is 21.1. The van der Waals surface area contributed by atoms with Gasteiger partial charge in [-0.1, -0.05) is 109 Å². The van der Waals surface area contributed by atoms with Gasteiger partial charge >= 0.3 is 5.97 Å². The van der Waals surface area contributed by atoms with Crippen LogP contribution >= 0.6 is 0 Å². The van der Waals surface area contributed by atoms with Crippen LogP contribution in [0.4, 0.5) is 4.39 Å². The molecule has 0 spiro atoms. The molecule has 1 unspecified atom stereocenters. The normalized spacial score (nSPS) is 15.8. The van der Waals surface area contributed by atoms with Crippen LogP contribution in [0.5, 0.6) is 0 Å². The van der Waals surface area contributed by atoms with Crippen LogP contribution in [0.15, 0.2) is 42.5 Å². The van der Waals surface area contributed by atoms with Crippen molar-refractivity contribution in [1.29, 1.82) is 5.26 Å². The third kappa shape index (κ3) is 12.5. The Hall–Kier alpha value is -2.02. The highest BCUT2D eigenvalue weighted by molar-refractivity contribution is 5.72. The number of halogens is 2. The minimum absolute atomic E-state index is 0. The van der Waals surface area contributed by atoms with Crippen molar-refractivity contribution >= 4 is 5.97 Å². The molecular weight excluding hydrogens is 690 g/mol. The number of carbonyl (C=O) groups excluding carboxylic acids is 1. The van der Waals surface area contributed by atoms with Crippen LogP contribution in [0.25, 0.3) is 0 Å². The second-order valence-electron chi connectivity index (χ2n) is 13.8. The summed E-state index contributed by atoms with van der Waals surface area (Å²) in [6.07, 6.45) is 18.1. The number of ether oxygens (including phenoxy) is 2. The molecule has 46 heavy (non-hydrogen) atoms. The molecule has 256 valence electrons. The van der Waals surface area contributed by atoms with Crippen molar-refractivity contribution < 1.29 is 47.1 Å². The zero-order chi connectivity index (χ0) is 32.5. The molecule has 2 aromatic carbocycles. The first kappa shape index (κ1) is 40.2. The average Bonchev–Trinajstić information content (AvgIpc) is 3.40. The number of quaternary nitrogens is 1. The fourth-order valence-electron chi connectivity index (χ4n) is 6.66. The highest BCUT2D eigenvalue weighted by Crippen LogP contribution is 2.45. The van der Waals surface area contributed by atoms with E-state index in [0.29, 0.717) is 29.8 Å². The van der Waals surface area contributed by atoms with Crippen LogP contribution in [-0.4, -0.2) is 37.8 Å². The lowest BCUT2D eigenvalue weighted by atomic mass is 9.81. The largest absolute Gasteiger partial charge is 1.00 e. The summed E-state index contributed by atoms with van der Waals surface area (Å²) in [7, 11) is 4.22. The standard InChI is InChI=1S/C39H58FN2O3.HI/c1-5-7-9-11-13-15-18-33(19-16-14-12-10-8-6-2)38(43)44-31-42(3,4)27-17-26-39(35-21-23-36(40)24-22-35)37-25-20-32(29-41)28-34(37)30-45-39;/h20-25,28,33H,5-19,26-27,30-31H2,1-4H3;1H/q+1;/p-1. The third-order valence-electron chi connectivity index (χ3n) is 9.45. The second-order valence-corrected chi connectivity index (χ2v) is 13.8. The van der Waals surface area contributed by atoms with E-state index in [1.54, 1.807) is 12.1 Å². The quantitative estimate of drug-likeness (QED) is 0.0431. The Morgan fingerprint density at radius 3 is 2.09 bits per heavy atom. The zero-order valence-corrected chi connectivity index (χ0v) is 31.1. The summed E-state index contributed by atoms with van der Waals surface area (Å²) in [5.41, 5.74) is 2.86. The summed E-state index contributed by atoms with van der Waals surface area (Å²) < 4.78 is 26.9. The first-order valence-electron chi connectivity index (χ1n) is 17.7. The first-order chi connectivity index (χ1) is 21.7. The molecule has 1 aliphatic rings. The molecule has 2 aromatic rings. The molecular formula is C39H58FIN2O3. The van der Waals surface area contributed by atoms with Gasteiger partial charge in [0.15, 0.2) is 0 Å². The highest BCUT2D eigenvalue weighted by atomic mass is 127. The van der Waals surface area contributed by atoms with Crippen molar-refractivity contribution in [3.63, 3.8) is 0 Å². The molecule has 0 saturated carbocycles. The molecule has 0 fully saturated rings. The molecule has 0 aliphatic carbocycles. The predicted octanol–water partition coefficient (Wildman–Crippen LogP) is 6.95. The fourth-order valence-corrected chi connectivity index (χ4v) is 6.66. The van der Waals surface area contributed by atoms with Crippen molar-refractivity contribution in [2.45, 2.75) is 129 Å². The minimum Gasteiger partial charge on any atom is -1.00 e. The van der Waals surface area contributed by atoms with Crippen molar-refractivity contribution in [3.8, 4) is 6.07 Å². The summed E-state index contributed by atoms with van der Waals surface area (Å²) in [6, 6.07) is 14.5. The van der Waals surface area contributed by atoms with Gasteiger partial charge in [-0.2, -0.15) is 5.26 Å². The number of benzene rings is 2. The predicted molar refractivity (Wildman–Crippen MR) is 180 cm³/mol. The maximum Gasteiger partial charge on any atom is 0.313 e. The van der Waals surface area contributed by atoms with Gasteiger partial charge in [-0.3, -0.25) is 9.28 Å². The van der Waals surface area contributed by atoms with E-state index in [1.165, 1.54) is 76.3 Å². The number of hydrogen-bond acceptors (Lipinski definition) is 4. The Morgan fingerprint density at radius 1 is 0.913 bits per heavy atom. The molecule has 3 rings (SSSR count). The maximum atomic E-state index is 13.9. The van der Waals surface area contributed by atoms with Gasteiger partial charge in [-0.15, -0.1) is 0 Å². The highest BCUT2D eigenvalue weighted by Gasteiger charge is 2.42. The molecule has 0 N–H and O–H groups in total. The topological polar surface area (TPSA) is 59.3 Å². The monoisotopic (exact) mass is 748 g/mol. The van der Waals surface area contributed by atoms with Gasteiger partial charge in [-0.05, 0) is 60.2 Å².